The van der Waals surface area contributed by atoms with Crippen LogP contribution in [0.5, 0.6) is 17.2 Å². The summed E-state index contributed by atoms with van der Waals surface area (Å²) in [5.41, 5.74) is 5.54. The van der Waals surface area contributed by atoms with Gasteiger partial charge in [-0.25, -0.2) is 4.39 Å². The quantitative estimate of drug-likeness (QED) is 0.859. The maximum Gasteiger partial charge on any atom is 0.387 e. The summed E-state index contributed by atoms with van der Waals surface area (Å²) in [5, 5.41) is 3.97. The number of benzene rings is 1. The monoisotopic (exact) mass is 287 g/mol. The highest BCUT2D eigenvalue weighted by atomic mass is 19.3. The number of rotatable bonds is 5. The SMILES string of the molecule is CCn1cc(Oc2cc(OC(F)F)c(F)cc2N)cn1. The van der Waals surface area contributed by atoms with Gasteiger partial charge in [0, 0.05) is 18.7 Å². The molecule has 20 heavy (non-hydrogen) atoms. The van der Waals surface area contributed by atoms with Gasteiger partial charge in [0.15, 0.2) is 23.1 Å². The number of hydrogen-bond acceptors (Lipinski definition) is 4. The average Bonchev–Trinajstić information content (AvgIpc) is 2.82. The van der Waals surface area contributed by atoms with Crippen molar-refractivity contribution in [3.8, 4) is 17.2 Å². The Kier molecular flexibility index (Phi) is 4.02. The number of aryl methyl sites for hydroxylation is 1. The van der Waals surface area contributed by atoms with E-state index in [0.29, 0.717) is 12.3 Å². The van der Waals surface area contributed by atoms with E-state index >= 15 is 0 Å². The minimum absolute atomic E-state index is 0.0118. The molecule has 2 N–H and O–H groups in total. The first-order valence-electron chi connectivity index (χ1n) is 5.73. The lowest BCUT2D eigenvalue weighted by Crippen LogP contribution is -2.05. The number of alkyl halides is 2. The fraction of sp³-hybridized carbons (Fsp3) is 0.250. The summed E-state index contributed by atoms with van der Waals surface area (Å²) in [6, 6.07) is 1.83. The van der Waals surface area contributed by atoms with Crippen LogP contribution >= 0.6 is 0 Å². The Labute approximate surface area is 112 Å². The van der Waals surface area contributed by atoms with Crippen molar-refractivity contribution in [2.24, 2.45) is 0 Å². The maximum absolute atomic E-state index is 13.4. The van der Waals surface area contributed by atoms with Crippen LogP contribution in [-0.2, 0) is 6.54 Å². The number of nitrogen functional groups attached to an aromatic ring is 1. The van der Waals surface area contributed by atoms with E-state index in [-0.39, 0.29) is 11.4 Å². The molecule has 1 aromatic carbocycles. The minimum Gasteiger partial charge on any atom is -0.452 e. The van der Waals surface area contributed by atoms with Crippen molar-refractivity contribution >= 4 is 5.69 Å². The predicted molar refractivity (Wildman–Crippen MR) is 65.4 cm³/mol. The van der Waals surface area contributed by atoms with E-state index < -0.39 is 18.2 Å². The summed E-state index contributed by atoms with van der Waals surface area (Å²) in [5.74, 6) is -1.25. The maximum atomic E-state index is 13.4. The van der Waals surface area contributed by atoms with Crippen LogP contribution in [0.4, 0.5) is 18.9 Å². The molecule has 0 atom stereocenters. The number of nitrogens with two attached hydrogens (primary N) is 1. The second-order valence-corrected chi connectivity index (χ2v) is 3.83. The summed E-state index contributed by atoms with van der Waals surface area (Å²) in [7, 11) is 0. The standard InChI is InChI=1S/C12H12F3N3O2/c1-2-18-6-7(5-17-18)19-11-4-10(20-12(14)15)8(13)3-9(11)16/h3-6,12H,2,16H2,1H3. The molecule has 0 radical (unpaired) electrons. The van der Waals surface area contributed by atoms with Crippen LogP contribution in [0.25, 0.3) is 0 Å². The zero-order chi connectivity index (χ0) is 14.7. The van der Waals surface area contributed by atoms with Crippen molar-refractivity contribution in [1.82, 2.24) is 9.78 Å². The Hall–Kier alpha value is -2.38. The molecule has 2 aromatic rings. The van der Waals surface area contributed by atoms with Gasteiger partial charge < -0.3 is 15.2 Å². The van der Waals surface area contributed by atoms with Crippen LogP contribution in [0.2, 0.25) is 0 Å². The Bertz CT molecular complexity index is 602. The highest BCUT2D eigenvalue weighted by Gasteiger charge is 2.15. The van der Waals surface area contributed by atoms with Gasteiger partial charge in [0.2, 0.25) is 0 Å². The van der Waals surface area contributed by atoms with Gasteiger partial charge in [-0.15, -0.1) is 0 Å². The Morgan fingerprint density at radius 3 is 2.70 bits per heavy atom. The van der Waals surface area contributed by atoms with Crippen LogP contribution in [0, 0.1) is 5.82 Å². The molecule has 5 nitrogen and oxygen atoms in total. The summed E-state index contributed by atoms with van der Waals surface area (Å²) < 4.78 is 48.7. The van der Waals surface area contributed by atoms with E-state index in [2.05, 4.69) is 9.84 Å². The molecule has 0 spiro atoms. The summed E-state index contributed by atoms with van der Waals surface area (Å²) in [6.45, 7) is -0.608. The van der Waals surface area contributed by atoms with Crippen molar-refractivity contribution in [3.63, 3.8) is 0 Å². The van der Waals surface area contributed by atoms with E-state index in [1.807, 2.05) is 6.92 Å². The number of anilines is 1. The Balaban J connectivity index is 2.26. The van der Waals surface area contributed by atoms with Crippen molar-refractivity contribution in [3.05, 3.63) is 30.3 Å². The first-order chi connectivity index (χ1) is 9.49. The molecule has 0 fully saturated rings. The molecule has 0 amide bonds. The molecule has 8 heteroatoms. The van der Waals surface area contributed by atoms with Crippen LogP contribution in [0.1, 0.15) is 6.92 Å². The third-order valence-corrected chi connectivity index (χ3v) is 2.44. The molecule has 108 valence electrons. The minimum atomic E-state index is -3.14. The van der Waals surface area contributed by atoms with Crippen LogP contribution < -0.4 is 15.2 Å². The normalized spacial score (nSPS) is 10.8. The molecular weight excluding hydrogens is 275 g/mol. The van der Waals surface area contributed by atoms with Gasteiger partial charge in [-0.2, -0.15) is 13.9 Å². The lowest BCUT2D eigenvalue weighted by molar-refractivity contribution is -0.0522. The summed E-state index contributed by atoms with van der Waals surface area (Å²) >= 11 is 0. The topological polar surface area (TPSA) is 62.3 Å². The fourth-order valence-corrected chi connectivity index (χ4v) is 1.52. The van der Waals surface area contributed by atoms with E-state index in [0.717, 1.165) is 12.1 Å². The molecule has 2 rings (SSSR count). The number of nitrogens with zero attached hydrogens (tertiary/aromatic N) is 2. The smallest absolute Gasteiger partial charge is 0.387 e. The highest BCUT2D eigenvalue weighted by Crippen LogP contribution is 2.33. The van der Waals surface area contributed by atoms with Gasteiger partial charge in [0.05, 0.1) is 18.1 Å². The van der Waals surface area contributed by atoms with Crippen LogP contribution in [-0.4, -0.2) is 16.4 Å². The molecule has 1 aromatic heterocycles. The van der Waals surface area contributed by atoms with Gasteiger partial charge >= 0.3 is 6.61 Å². The van der Waals surface area contributed by atoms with Crippen molar-refractivity contribution in [2.45, 2.75) is 20.1 Å². The van der Waals surface area contributed by atoms with Gasteiger partial charge in [0.25, 0.3) is 0 Å². The number of hydrogen-bond donors (Lipinski definition) is 1. The van der Waals surface area contributed by atoms with E-state index in [1.54, 1.807) is 10.9 Å². The van der Waals surface area contributed by atoms with E-state index in [4.69, 9.17) is 10.5 Å². The molecular formula is C12H12F3N3O2. The van der Waals surface area contributed by atoms with Crippen molar-refractivity contribution in [2.75, 3.05) is 5.73 Å². The van der Waals surface area contributed by atoms with Crippen LogP contribution in [0.15, 0.2) is 24.5 Å². The predicted octanol–water partition coefficient (Wildman–Crippen LogP) is 3.02. The molecule has 1 heterocycles. The number of aromatic nitrogens is 2. The van der Waals surface area contributed by atoms with Crippen molar-refractivity contribution < 1.29 is 22.6 Å². The second-order valence-electron chi connectivity index (χ2n) is 3.83. The molecule has 0 aliphatic heterocycles. The molecule has 0 aliphatic carbocycles. The van der Waals surface area contributed by atoms with Gasteiger partial charge in [-0.1, -0.05) is 0 Å². The molecule has 0 bridgehead atoms. The zero-order valence-electron chi connectivity index (χ0n) is 10.5. The van der Waals surface area contributed by atoms with Gasteiger partial charge in [-0.05, 0) is 6.92 Å². The first kappa shape index (κ1) is 14.0. The third-order valence-electron chi connectivity index (χ3n) is 2.44. The molecule has 0 saturated heterocycles. The summed E-state index contributed by atoms with van der Waals surface area (Å²) in [4.78, 5) is 0. The van der Waals surface area contributed by atoms with E-state index in [1.165, 1.54) is 6.20 Å². The van der Waals surface area contributed by atoms with Gasteiger partial charge in [0.1, 0.15) is 0 Å². The zero-order valence-corrected chi connectivity index (χ0v) is 10.5. The average molecular weight is 287 g/mol. The second kappa shape index (κ2) is 5.72. The lowest BCUT2D eigenvalue weighted by Gasteiger charge is -2.10. The first-order valence-corrected chi connectivity index (χ1v) is 5.73. The van der Waals surface area contributed by atoms with Crippen LogP contribution in [0.3, 0.4) is 0 Å². The third kappa shape index (κ3) is 3.14. The Morgan fingerprint density at radius 2 is 2.10 bits per heavy atom. The summed E-state index contributed by atoms with van der Waals surface area (Å²) in [6.07, 6.45) is 3.02. The molecule has 0 saturated carbocycles. The largest absolute Gasteiger partial charge is 0.452 e. The Morgan fingerprint density at radius 1 is 1.35 bits per heavy atom. The van der Waals surface area contributed by atoms with E-state index in [9.17, 15) is 13.2 Å². The molecule has 0 unspecified atom stereocenters. The number of halogens is 3. The van der Waals surface area contributed by atoms with Gasteiger partial charge in [-0.3, -0.25) is 4.68 Å². The van der Waals surface area contributed by atoms with Crippen molar-refractivity contribution in [1.29, 1.82) is 0 Å². The molecule has 0 aliphatic rings. The number of ether oxygens (including phenoxy) is 2. The lowest BCUT2D eigenvalue weighted by atomic mass is 10.2. The highest BCUT2D eigenvalue weighted by molar-refractivity contribution is 5.57. The fourth-order valence-electron chi connectivity index (χ4n) is 1.52.